The van der Waals surface area contributed by atoms with Crippen LogP contribution in [0.3, 0.4) is 0 Å². The minimum Gasteiger partial charge on any atom is -0.398 e. The number of aryl methyl sites for hydroxylation is 1. The van der Waals surface area contributed by atoms with Gasteiger partial charge in [-0.05, 0) is 24.5 Å². The number of benzene rings is 2. The Morgan fingerprint density at radius 1 is 1.11 bits per heavy atom. The molecule has 94 valence electrons. The molecule has 0 spiro atoms. The maximum absolute atomic E-state index is 6.25. The van der Waals surface area contributed by atoms with Crippen LogP contribution in [0.2, 0.25) is 0 Å². The van der Waals surface area contributed by atoms with E-state index >= 15 is 0 Å². The van der Waals surface area contributed by atoms with Crippen LogP contribution in [0.1, 0.15) is 11.1 Å². The van der Waals surface area contributed by atoms with E-state index in [4.69, 9.17) is 10.5 Å². The normalized spacial score (nSPS) is 10.6. The Kier molecular flexibility index (Phi) is 4.00. The van der Waals surface area contributed by atoms with Crippen molar-refractivity contribution in [3.8, 4) is 11.1 Å². The molecule has 0 unspecified atom stereocenters. The summed E-state index contributed by atoms with van der Waals surface area (Å²) >= 11 is 0. The second-order valence-corrected chi connectivity index (χ2v) is 4.49. The molecule has 2 nitrogen and oxygen atoms in total. The molecular formula is C16H19NO. The van der Waals surface area contributed by atoms with Crippen LogP contribution < -0.4 is 5.73 Å². The summed E-state index contributed by atoms with van der Waals surface area (Å²) in [5.74, 6) is 0. The van der Waals surface area contributed by atoms with E-state index in [0.29, 0.717) is 6.61 Å². The maximum atomic E-state index is 6.25. The van der Waals surface area contributed by atoms with Gasteiger partial charge in [-0.1, -0.05) is 48.0 Å². The van der Waals surface area contributed by atoms with Crippen molar-refractivity contribution in [2.24, 2.45) is 0 Å². The predicted octanol–water partition coefficient (Wildman–Crippen LogP) is 3.43. The standard InChI is InChI=1S/C16H19NO/c1-12-5-3-7-14(11-12)15-8-4-6-13(16(15)17)9-10-18-2/h3-8,11H,9-10,17H2,1-2H3. The quantitative estimate of drug-likeness (QED) is 0.832. The highest BCUT2D eigenvalue weighted by atomic mass is 16.5. The van der Waals surface area contributed by atoms with Crippen molar-refractivity contribution >= 4 is 5.69 Å². The second kappa shape index (κ2) is 5.69. The summed E-state index contributed by atoms with van der Waals surface area (Å²) in [7, 11) is 1.71. The van der Waals surface area contributed by atoms with Gasteiger partial charge in [0.1, 0.15) is 0 Å². The number of hydrogen-bond donors (Lipinski definition) is 1. The van der Waals surface area contributed by atoms with E-state index in [1.54, 1.807) is 7.11 Å². The highest BCUT2D eigenvalue weighted by Gasteiger charge is 2.06. The first-order valence-electron chi connectivity index (χ1n) is 6.15. The molecule has 0 saturated heterocycles. The fourth-order valence-electron chi connectivity index (χ4n) is 2.11. The van der Waals surface area contributed by atoms with Crippen molar-refractivity contribution in [3.63, 3.8) is 0 Å². The van der Waals surface area contributed by atoms with Gasteiger partial charge >= 0.3 is 0 Å². The fraction of sp³-hybridized carbons (Fsp3) is 0.250. The number of anilines is 1. The van der Waals surface area contributed by atoms with Gasteiger partial charge in [0, 0.05) is 18.4 Å². The lowest BCUT2D eigenvalue weighted by atomic mass is 9.98. The summed E-state index contributed by atoms with van der Waals surface area (Å²) < 4.78 is 5.11. The first kappa shape index (κ1) is 12.7. The Morgan fingerprint density at radius 3 is 2.61 bits per heavy atom. The van der Waals surface area contributed by atoms with Crippen LogP contribution in [0, 0.1) is 6.92 Å². The summed E-state index contributed by atoms with van der Waals surface area (Å²) in [5, 5.41) is 0. The number of rotatable bonds is 4. The summed E-state index contributed by atoms with van der Waals surface area (Å²) in [6, 6.07) is 14.6. The van der Waals surface area contributed by atoms with Crippen molar-refractivity contribution in [1.82, 2.24) is 0 Å². The van der Waals surface area contributed by atoms with Crippen molar-refractivity contribution in [3.05, 3.63) is 53.6 Å². The van der Waals surface area contributed by atoms with Crippen LogP contribution in [0.15, 0.2) is 42.5 Å². The third-order valence-corrected chi connectivity index (χ3v) is 3.10. The topological polar surface area (TPSA) is 35.2 Å². The van der Waals surface area contributed by atoms with Crippen molar-refractivity contribution in [1.29, 1.82) is 0 Å². The molecule has 0 saturated carbocycles. The molecule has 0 bridgehead atoms. The Morgan fingerprint density at radius 2 is 1.89 bits per heavy atom. The van der Waals surface area contributed by atoms with Crippen molar-refractivity contribution in [2.75, 3.05) is 19.5 Å². The summed E-state index contributed by atoms with van der Waals surface area (Å²) in [6.07, 6.45) is 0.849. The molecule has 18 heavy (non-hydrogen) atoms. The van der Waals surface area contributed by atoms with E-state index in [0.717, 1.165) is 23.2 Å². The Labute approximate surface area is 108 Å². The maximum Gasteiger partial charge on any atom is 0.0503 e. The lowest BCUT2D eigenvalue weighted by Crippen LogP contribution is -2.01. The summed E-state index contributed by atoms with van der Waals surface area (Å²) in [6.45, 7) is 2.79. The van der Waals surface area contributed by atoms with Crippen LogP contribution >= 0.6 is 0 Å². The molecule has 0 atom stereocenters. The van der Waals surface area contributed by atoms with Gasteiger partial charge in [-0.25, -0.2) is 0 Å². The number of nitrogen functional groups attached to an aromatic ring is 1. The van der Waals surface area contributed by atoms with Crippen LogP contribution in [-0.2, 0) is 11.2 Å². The number of para-hydroxylation sites is 1. The van der Waals surface area contributed by atoms with Crippen LogP contribution in [0.25, 0.3) is 11.1 Å². The zero-order valence-corrected chi connectivity index (χ0v) is 10.9. The van der Waals surface area contributed by atoms with Gasteiger partial charge in [-0.2, -0.15) is 0 Å². The number of ether oxygens (including phenoxy) is 1. The Hall–Kier alpha value is -1.80. The van der Waals surface area contributed by atoms with Gasteiger partial charge in [-0.15, -0.1) is 0 Å². The van der Waals surface area contributed by atoms with Gasteiger partial charge < -0.3 is 10.5 Å². The van der Waals surface area contributed by atoms with E-state index in [1.807, 2.05) is 0 Å². The highest BCUT2D eigenvalue weighted by Crippen LogP contribution is 2.29. The highest BCUT2D eigenvalue weighted by molar-refractivity contribution is 5.78. The van der Waals surface area contributed by atoms with Gasteiger partial charge in [-0.3, -0.25) is 0 Å². The number of methoxy groups -OCH3 is 1. The minimum atomic E-state index is 0.696. The van der Waals surface area contributed by atoms with E-state index in [1.165, 1.54) is 11.1 Å². The molecular weight excluding hydrogens is 222 g/mol. The molecule has 2 aromatic rings. The zero-order chi connectivity index (χ0) is 13.0. The minimum absolute atomic E-state index is 0.696. The third kappa shape index (κ3) is 2.71. The van der Waals surface area contributed by atoms with E-state index in [-0.39, 0.29) is 0 Å². The smallest absolute Gasteiger partial charge is 0.0503 e. The van der Waals surface area contributed by atoms with Crippen LogP contribution in [0.4, 0.5) is 5.69 Å². The molecule has 2 rings (SSSR count). The SMILES string of the molecule is COCCc1cccc(-c2cccc(C)c2)c1N. The summed E-state index contributed by atoms with van der Waals surface area (Å²) in [4.78, 5) is 0. The van der Waals surface area contributed by atoms with Crippen LogP contribution in [0.5, 0.6) is 0 Å². The van der Waals surface area contributed by atoms with E-state index in [9.17, 15) is 0 Å². The van der Waals surface area contributed by atoms with Crippen LogP contribution in [-0.4, -0.2) is 13.7 Å². The third-order valence-electron chi connectivity index (χ3n) is 3.10. The molecule has 0 amide bonds. The molecule has 0 aromatic heterocycles. The number of nitrogens with two attached hydrogens (primary N) is 1. The average molecular weight is 241 g/mol. The van der Waals surface area contributed by atoms with Gasteiger partial charge in [0.05, 0.1) is 6.61 Å². The molecule has 0 radical (unpaired) electrons. The zero-order valence-electron chi connectivity index (χ0n) is 10.9. The lowest BCUT2D eigenvalue weighted by Gasteiger charge is -2.11. The molecule has 2 N–H and O–H groups in total. The molecule has 2 heteroatoms. The molecule has 2 aromatic carbocycles. The van der Waals surface area contributed by atoms with Crippen molar-refractivity contribution in [2.45, 2.75) is 13.3 Å². The van der Waals surface area contributed by atoms with Gasteiger partial charge in [0.25, 0.3) is 0 Å². The molecule has 0 heterocycles. The molecule has 0 aliphatic rings. The first-order chi connectivity index (χ1) is 8.72. The largest absolute Gasteiger partial charge is 0.398 e. The molecule has 0 aliphatic carbocycles. The monoisotopic (exact) mass is 241 g/mol. The first-order valence-corrected chi connectivity index (χ1v) is 6.15. The molecule has 0 fully saturated rings. The lowest BCUT2D eigenvalue weighted by molar-refractivity contribution is 0.202. The Balaban J connectivity index is 2.39. The summed E-state index contributed by atoms with van der Waals surface area (Å²) in [5.41, 5.74) is 11.8. The predicted molar refractivity (Wildman–Crippen MR) is 76.6 cm³/mol. The van der Waals surface area contributed by atoms with E-state index in [2.05, 4.69) is 49.4 Å². The Bertz CT molecular complexity index is 534. The number of hydrogen-bond acceptors (Lipinski definition) is 2. The van der Waals surface area contributed by atoms with Gasteiger partial charge in [0.2, 0.25) is 0 Å². The van der Waals surface area contributed by atoms with Crippen molar-refractivity contribution < 1.29 is 4.74 Å². The van der Waals surface area contributed by atoms with Gasteiger partial charge in [0.15, 0.2) is 0 Å². The average Bonchev–Trinajstić information content (AvgIpc) is 2.37. The fourth-order valence-corrected chi connectivity index (χ4v) is 2.11. The molecule has 0 aliphatic heterocycles. The second-order valence-electron chi connectivity index (χ2n) is 4.49. The van der Waals surface area contributed by atoms with E-state index < -0.39 is 0 Å².